The fraction of sp³-hybridized carbons (Fsp3) is 0.300. The van der Waals surface area contributed by atoms with Crippen LogP contribution in [0.25, 0.3) is 0 Å². The first-order valence-corrected chi connectivity index (χ1v) is 8.29. The molecule has 4 nitrogen and oxygen atoms in total. The molecule has 1 saturated heterocycles. The molecule has 1 aliphatic rings. The number of rotatable bonds is 5. The summed E-state index contributed by atoms with van der Waals surface area (Å²) >= 11 is 0. The van der Waals surface area contributed by atoms with Crippen LogP contribution in [0.3, 0.4) is 0 Å². The van der Waals surface area contributed by atoms with E-state index < -0.39 is 0 Å². The van der Waals surface area contributed by atoms with Crippen molar-refractivity contribution in [3.8, 4) is 0 Å². The SMILES string of the molecule is Cc1ccccc1C(=O)NCC1CC(=O)N(Cc2ccccc2)C1. The van der Waals surface area contributed by atoms with Gasteiger partial charge in [-0.25, -0.2) is 0 Å². The van der Waals surface area contributed by atoms with E-state index in [2.05, 4.69) is 5.32 Å². The van der Waals surface area contributed by atoms with E-state index in [9.17, 15) is 9.59 Å². The highest BCUT2D eigenvalue weighted by molar-refractivity contribution is 5.95. The van der Waals surface area contributed by atoms with Crippen molar-refractivity contribution in [1.82, 2.24) is 10.2 Å². The van der Waals surface area contributed by atoms with Gasteiger partial charge in [0.15, 0.2) is 0 Å². The smallest absolute Gasteiger partial charge is 0.251 e. The fourth-order valence-electron chi connectivity index (χ4n) is 3.11. The van der Waals surface area contributed by atoms with E-state index >= 15 is 0 Å². The summed E-state index contributed by atoms with van der Waals surface area (Å²) in [6, 6.07) is 17.5. The summed E-state index contributed by atoms with van der Waals surface area (Å²) in [7, 11) is 0. The van der Waals surface area contributed by atoms with Crippen molar-refractivity contribution in [3.63, 3.8) is 0 Å². The van der Waals surface area contributed by atoms with Gasteiger partial charge in [-0.05, 0) is 24.1 Å². The molecule has 24 heavy (non-hydrogen) atoms. The Kier molecular flexibility index (Phi) is 4.94. The predicted molar refractivity (Wildman–Crippen MR) is 93.5 cm³/mol. The Morgan fingerprint density at radius 2 is 1.83 bits per heavy atom. The summed E-state index contributed by atoms with van der Waals surface area (Å²) in [5.74, 6) is 0.269. The van der Waals surface area contributed by atoms with Crippen molar-refractivity contribution in [1.29, 1.82) is 0 Å². The van der Waals surface area contributed by atoms with Crippen LogP contribution in [0.2, 0.25) is 0 Å². The molecule has 0 spiro atoms. The first-order valence-electron chi connectivity index (χ1n) is 8.29. The fourth-order valence-corrected chi connectivity index (χ4v) is 3.11. The van der Waals surface area contributed by atoms with E-state index in [1.807, 2.05) is 66.4 Å². The number of aryl methyl sites for hydroxylation is 1. The van der Waals surface area contributed by atoms with E-state index in [0.29, 0.717) is 31.6 Å². The third-order valence-corrected chi connectivity index (χ3v) is 4.45. The molecule has 124 valence electrons. The van der Waals surface area contributed by atoms with Crippen molar-refractivity contribution >= 4 is 11.8 Å². The summed E-state index contributed by atoms with van der Waals surface area (Å²) in [6.07, 6.45) is 0.501. The normalized spacial score (nSPS) is 17.1. The van der Waals surface area contributed by atoms with Crippen LogP contribution in [0.15, 0.2) is 54.6 Å². The van der Waals surface area contributed by atoms with E-state index in [1.54, 1.807) is 0 Å². The average molecular weight is 322 g/mol. The molecule has 4 heteroatoms. The Morgan fingerprint density at radius 3 is 2.58 bits per heavy atom. The highest BCUT2D eigenvalue weighted by Gasteiger charge is 2.29. The van der Waals surface area contributed by atoms with Gasteiger partial charge in [-0.2, -0.15) is 0 Å². The van der Waals surface area contributed by atoms with Crippen molar-refractivity contribution in [2.24, 2.45) is 5.92 Å². The largest absolute Gasteiger partial charge is 0.352 e. The number of hydrogen-bond acceptors (Lipinski definition) is 2. The Bertz CT molecular complexity index is 727. The second-order valence-electron chi connectivity index (χ2n) is 6.35. The molecule has 2 aromatic carbocycles. The zero-order valence-corrected chi connectivity index (χ0v) is 13.9. The van der Waals surface area contributed by atoms with Gasteiger partial charge in [0.1, 0.15) is 0 Å². The summed E-state index contributed by atoms with van der Waals surface area (Å²) in [4.78, 5) is 26.3. The van der Waals surface area contributed by atoms with Crippen LogP contribution in [0.5, 0.6) is 0 Å². The van der Waals surface area contributed by atoms with Crippen LogP contribution in [0, 0.1) is 12.8 Å². The number of nitrogens with zero attached hydrogens (tertiary/aromatic N) is 1. The maximum absolute atomic E-state index is 12.3. The zero-order valence-electron chi connectivity index (χ0n) is 13.9. The van der Waals surface area contributed by atoms with Gasteiger partial charge in [0, 0.05) is 37.5 Å². The number of amides is 2. The van der Waals surface area contributed by atoms with Gasteiger partial charge in [-0.1, -0.05) is 48.5 Å². The Balaban J connectivity index is 1.53. The van der Waals surface area contributed by atoms with Gasteiger partial charge >= 0.3 is 0 Å². The lowest BCUT2D eigenvalue weighted by molar-refractivity contribution is -0.128. The van der Waals surface area contributed by atoms with Gasteiger partial charge in [-0.3, -0.25) is 9.59 Å². The summed E-state index contributed by atoms with van der Waals surface area (Å²) in [5.41, 5.74) is 2.79. The summed E-state index contributed by atoms with van der Waals surface area (Å²) < 4.78 is 0. The molecule has 0 saturated carbocycles. The minimum Gasteiger partial charge on any atom is -0.352 e. The molecular formula is C20H22N2O2. The molecule has 2 aromatic rings. The van der Waals surface area contributed by atoms with Crippen molar-refractivity contribution in [2.75, 3.05) is 13.1 Å². The van der Waals surface area contributed by atoms with Crippen LogP contribution < -0.4 is 5.32 Å². The highest BCUT2D eigenvalue weighted by atomic mass is 16.2. The molecule has 1 unspecified atom stereocenters. The molecule has 3 rings (SSSR count). The third-order valence-electron chi connectivity index (χ3n) is 4.45. The summed E-state index contributed by atoms with van der Waals surface area (Å²) in [5, 5.41) is 2.97. The Labute approximate surface area is 142 Å². The number of carbonyl (C=O) groups is 2. The molecule has 1 heterocycles. The lowest BCUT2D eigenvalue weighted by Gasteiger charge is -2.17. The van der Waals surface area contributed by atoms with E-state index in [0.717, 1.165) is 11.1 Å². The topological polar surface area (TPSA) is 49.4 Å². The predicted octanol–water partition coefficient (Wildman–Crippen LogP) is 2.77. The molecular weight excluding hydrogens is 300 g/mol. The van der Waals surface area contributed by atoms with E-state index in [-0.39, 0.29) is 17.7 Å². The third kappa shape index (κ3) is 3.82. The van der Waals surface area contributed by atoms with Crippen LogP contribution in [-0.4, -0.2) is 29.8 Å². The molecule has 1 N–H and O–H groups in total. The quantitative estimate of drug-likeness (QED) is 0.920. The van der Waals surface area contributed by atoms with Crippen molar-refractivity contribution in [3.05, 3.63) is 71.3 Å². The van der Waals surface area contributed by atoms with Crippen LogP contribution >= 0.6 is 0 Å². The monoisotopic (exact) mass is 322 g/mol. The molecule has 0 radical (unpaired) electrons. The van der Waals surface area contributed by atoms with Gasteiger partial charge in [-0.15, -0.1) is 0 Å². The minimum absolute atomic E-state index is 0.0675. The molecule has 2 amide bonds. The van der Waals surface area contributed by atoms with E-state index in [1.165, 1.54) is 0 Å². The molecule has 0 bridgehead atoms. The van der Waals surface area contributed by atoms with Crippen molar-refractivity contribution in [2.45, 2.75) is 19.9 Å². The van der Waals surface area contributed by atoms with Crippen LogP contribution in [0.1, 0.15) is 27.9 Å². The second-order valence-corrected chi connectivity index (χ2v) is 6.35. The second kappa shape index (κ2) is 7.30. The van der Waals surface area contributed by atoms with Gasteiger partial charge in [0.25, 0.3) is 5.91 Å². The Morgan fingerprint density at radius 1 is 1.12 bits per heavy atom. The Hall–Kier alpha value is -2.62. The molecule has 0 aliphatic carbocycles. The molecule has 0 aromatic heterocycles. The zero-order chi connectivity index (χ0) is 16.9. The van der Waals surface area contributed by atoms with E-state index in [4.69, 9.17) is 0 Å². The minimum atomic E-state index is -0.0675. The maximum Gasteiger partial charge on any atom is 0.251 e. The van der Waals surface area contributed by atoms with Gasteiger partial charge in [0.05, 0.1) is 0 Å². The number of hydrogen-bond donors (Lipinski definition) is 1. The van der Waals surface area contributed by atoms with Gasteiger partial charge in [0.2, 0.25) is 5.91 Å². The molecule has 1 fully saturated rings. The lowest BCUT2D eigenvalue weighted by atomic mass is 10.1. The molecule has 1 aliphatic heterocycles. The average Bonchev–Trinajstić information content (AvgIpc) is 2.94. The first-order chi connectivity index (χ1) is 11.6. The standard InChI is InChI=1S/C20H22N2O2/c1-15-7-5-6-10-18(15)20(24)21-12-17-11-19(23)22(14-17)13-16-8-3-2-4-9-16/h2-10,17H,11-14H2,1H3,(H,21,24). The lowest BCUT2D eigenvalue weighted by Crippen LogP contribution is -2.31. The number of carbonyl (C=O) groups excluding carboxylic acids is 2. The van der Waals surface area contributed by atoms with Crippen LogP contribution in [-0.2, 0) is 11.3 Å². The maximum atomic E-state index is 12.3. The number of nitrogens with one attached hydrogen (secondary N) is 1. The summed E-state index contributed by atoms with van der Waals surface area (Å²) in [6.45, 7) is 3.80. The van der Waals surface area contributed by atoms with Gasteiger partial charge < -0.3 is 10.2 Å². The number of likely N-dealkylation sites (tertiary alicyclic amines) is 1. The first kappa shape index (κ1) is 16.2. The molecule has 1 atom stereocenters. The highest BCUT2D eigenvalue weighted by Crippen LogP contribution is 2.20. The van der Waals surface area contributed by atoms with Crippen LogP contribution in [0.4, 0.5) is 0 Å². The number of benzene rings is 2. The van der Waals surface area contributed by atoms with Crippen molar-refractivity contribution < 1.29 is 9.59 Å².